The van der Waals surface area contributed by atoms with Gasteiger partial charge in [-0.05, 0) is 30.9 Å². The van der Waals surface area contributed by atoms with Crippen molar-refractivity contribution in [2.45, 2.75) is 19.0 Å². The van der Waals surface area contributed by atoms with Gasteiger partial charge in [0.1, 0.15) is 5.82 Å². The summed E-state index contributed by atoms with van der Waals surface area (Å²) in [5.41, 5.74) is -0.690. The third-order valence-electron chi connectivity index (χ3n) is 5.16. The highest BCUT2D eigenvalue weighted by Gasteiger charge is 2.31. The average molecular weight is 386 g/mol. The van der Waals surface area contributed by atoms with Crippen molar-refractivity contribution in [3.8, 4) is 0 Å². The molecule has 27 heavy (non-hydrogen) atoms. The number of morpholine rings is 1. The Bertz CT molecular complexity index is 642. The maximum Gasteiger partial charge on any atom is 0.416 e. The number of amides is 2. The number of pyridine rings is 1. The zero-order valence-corrected chi connectivity index (χ0v) is 15.4. The number of piperidine rings is 1. The van der Waals surface area contributed by atoms with Gasteiger partial charge < -0.3 is 19.4 Å². The van der Waals surface area contributed by atoms with Crippen molar-refractivity contribution in [2.75, 3.05) is 57.9 Å². The predicted octanol–water partition coefficient (Wildman–Crippen LogP) is 2.70. The molecule has 0 aliphatic carbocycles. The Kier molecular flexibility index (Phi) is 6.08. The summed E-state index contributed by atoms with van der Waals surface area (Å²) in [5, 5.41) is 0. The van der Waals surface area contributed by atoms with Crippen LogP contribution in [0.3, 0.4) is 0 Å². The number of hydrogen-bond acceptors (Lipinski definition) is 4. The number of likely N-dealkylation sites (tertiary alicyclic amines) is 1. The van der Waals surface area contributed by atoms with Crippen LogP contribution in [0.1, 0.15) is 18.4 Å². The second kappa shape index (κ2) is 8.33. The van der Waals surface area contributed by atoms with Crippen LogP contribution in [0.25, 0.3) is 0 Å². The van der Waals surface area contributed by atoms with Crippen LogP contribution in [0.4, 0.5) is 23.8 Å². The largest absolute Gasteiger partial charge is 0.416 e. The zero-order chi connectivity index (χ0) is 19.4. The summed E-state index contributed by atoms with van der Waals surface area (Å²) in [7, 11) is 1.76. The summed E-state index contributed by atoms with van der Waals surface area (Å²) in [5.74, 6) is 0.636. The molecular formula is C18H25F3N4O2. The van der Waals surface area contributed by atoms with E-state index in [9.17, 15) is 18.0 Å². The van der Waals surface area contributed by atoms with Gasteiger partial charge in [-0.25, -0.2) is 9.78 Å². The first-order chi connectivity index (χ1) is 12.8. The summed E-state index contributed by atoms with van der Waals surface area (Å²) >= 11 is 0. The molecule has 0 N–H and O–H groups in total. The second-order valence-electron chi connectivity index (χ2n) is 7.09. The highest BCUT2D eigenvalue weighted by atomic mass is 19.4. The van der Waals surface area contributed by atoms with E-state index in [2.05, 4.69) is 4.98 Å². The highest BCUT2D eigenvalue weighted by Crippen LogP contribution is 2.31. The fourth-order valence-corrected chi connectivity index (χ4v) is 3.55. The predicted molar refractivity (Wildman–Crippen MR) is 94.6 cm³/mol. The molecule has 0 spiro atoms. The molecule has 9 heteroatoms. The standard InChI is InChI=1S/C18H25F3N4O2/c1-23(16-12-15(2-5-22-16)18(19,20)21)13-14-3-6-24(7-4-14)17(26)25-8-10-27-11-9-25/h2,5,12,14H,3-4,6-11,13H2,1H3. The molecule has 1 aromatic rings. The highest BCUT2D eigenvalue weighted by molar-refractivity contribution is 5.74. The van der Waals surface area contributed by atoms with E-state index in [0.29, 0.717) is 57.7 Å². The van der Waals surface area contributed by atoms with Gasteiger partial charge in [-0.15, -0.1) is 0 Å². The lowest BCUT2D eigenvalue weighted by atomic mass is 9.96. The van der Waals surface area contributed by atoms with Crippen LogP contribution >= 0.6 is 0 Å². The maximum atomic E-state index is 12.9. The summed E-state index contributed by atoms with van der Waals surface area (Å²) < 4.78 is 43.9. The van der Waals surface area contributed by atoms with E-state index >= 15 is 0 Å². The molecule has 3 rings (SSSR count). The molecule has 3 heterocycles. The number of anilines is 1. The molecular weight excluding hydrogens is 361 g/mol. The molecule has 0 atom stereocenters. The number of hydrogen-bond donors (Lipinski definition) is 0. The van der Waals surface area contributed by atoms with E-state index in [1.54, 1.807) is 11.9 Å². The lowest BCUT2D eigenvalue weighted by molar-refractivity contribution is -0.137. The summed E-state index contributed by atoms with van der Waals surface area (Å²) in [6.07, 6.45) is -1.51. The van der Waals surface area contributed by atoms with E-state index in [1.807, 2.05) is 9.80 Å². The Balaban J connectivity index is 1.51. The monoisotopic (exact) mass is 386 g/mol. The van der Waals surface area contributed by atoms with Gasteiger partial charge in [-0.2, -0.15) is 13.2 Å². The molecule has 150 valence electrons. The van der Waals surface area contributed by atoms with Crippen LogP contribution in [0.5, 0.6) is 0 Å². The Morgan fingerprint density at radius 1 is 1.22 bits per heavy atom. The van der Waals surface area contributed by atoms with Crippen molar-refractivity contribution in [1.29, 1.82) is 0 Å². The van der Waals surface area contributed by atoms with Crippen molar-refractivity contribution in [1.82, 2.24) is 14.8 Å². The Morgan fingerprint density at radius 2 is 1.85 bits per heavy atom. The third kappa shape index (κ3) is 5.03. The number of carbonyl (C=O) groups is 1. The maximum absolute atomic E-state index is 12.9. The third-order valence-corrected chi connectivity index (χ3v) is 5.16. The van der Waals surface area contributed by atoms with E-state index in [0.717, 1.165) is 25.0 Å². The second-order valence-corrected chi connectivity index (χ2v) is 7.09. The molecule has 2 aliphatic rings. The molecule has 2 fully saturated rings. The van der Waals surface area contributed by atoms with E-state index < -0.39 is 11.7 Å². The average Bonchev–Trinajstić information content (AvgIpc) is 2.68. The summed E-state index contributed by atoms with van der Waals surface area (Å²) in [6.45, 7) is 4.38. The van der Waals surface area contributed by atoms with Gasteiger partial charge in [0, 0.05) is 46.0 Å². The number of urea groups is 1. The van der Waals surface area contributed by atoms with Gasteiger partial charge in [0.25, 0.3) is 0 Å². The van der Waals surface area contributed by atoms with Crippen molar-refractivity contribution in [3.63, 3.8) is 0 Å². The Labute approximate surface area is 156 Å². The lowest BCUT2D eigenvalue weighted by Gasteiger charge is -2.38. The van der Waals surface area contributed by atoms with Crippen LogP contribution < -0.4 is 4.90 Å². The van der Waals surface area contributed by atoms with Crippen LogP contribution in [0, 0.1) is 5.92 Å². The molecule has 1 aromatic heterocycles. The molecule has 0 bridgehead atoms. The van der Waals surface area contributed by atoms with Gasteiger partial charge in [-0.3, -0.25) is 0 Å². The number of aromatic nitrogens is 1. The zero-order valence-electron chi connectivity index (χ0n) is 15.4. The number of carbonyl (C=O) groups excluding carboxylic acids is 1. The van der Waals surface area contributed by atoms with Gasteiger partial charge in [0.05, 0.1) is 18.8 Å². The normalized spacial score (nSPS) is 19.3. The molecule has 0 aromatic carbocycles. The van der Waals surface area contributed by atoms with Crippen LogP contribution in [0.2, 0.25) is 0 Å². The summed E-state index contributed by atoms with van der Waals surface area (Å²) in [6, 6.07) is 2.12. The minimum absolute atomic E-state index is 0.0599. The smallest absolute Gasteiger partial charge is 0.378 e. The SMILES string of the molecule is CN(CC1CCN(C(=O)N2CCOCC2)CC1)c1cc(C(F)(F)F)ccn1. The van der Waals surface area contributed by atoms with Gasteiger partial charge >= 0.3 is 12.2 Å². The quantitative estimate of drug-likeness (QED) is 0.802. The van der Waals surface area contributed by atoms with Crippen molar-refractivity contribution in [3.05, 3.63) is 23.9 Å². The number of rotatable bonds is 3. The molecule has 0 radical (unpaired) electrons. The molecule has 2 amide bonds. The number of ether oxygens (including phenoxy) is 1. The molecule has 2 aliphatic heterocycles. The van der Waals surface area contributed by atoms with Crippen molar-refractivity contribution >= 4 is 11.8 Å². The fourth-order valence-electron chi connectivity index (χ4n) is 3.55. The molecule has 0 unspecified atom stereocenters. The number of alkyl halides is 3. The first-order valence-electron chi connectivity index (χ1n) is 9.20. The number of halogens is 3. The lowest BCUT2D eigenvalue weighted by Crippen LogP contribution is -2.50. The van der Waals surface area contributed by atoms with Crippen molar-refractivity contribution in [2.24, 2.45) is 5.92 Å². The van der Waals surface area contributed by atoms with Crippen LogP contribution in [0.15, 0.2) is 18.3 Å². The topological polar surface area (TPSA) is 48.9 Å². The van der Waals surface area contributed by atoms with E-state index in [1.165, 1.54) is 6.20 Å². The van der Waals surface area contributed by atoms with Crippen molar-refractivity contribution < 1.29 is 22.7 Å². The van der Waals surface area contributed by atoms with E-state index in [-0.39, 0.29) is 6.03 Å². The van der Waals surface area contributed by atoms with Gasteiger partial charge in [0.2, 0.25) is 0 Å². The van der Waals surface area contributed by atoms with Gasteiger partial charge in [0.15, 0.2) is 0 Å². The van der Waals surface area contributed by atoms with Gasteiger partial charge in [-0.1, -0.05) is 0 Å². The first kappa shape index (κ1) is 19.7. The van der Waals surface area contributed by atoms with E-state index in [4.69, 9.17) is 4.74 Å². The number of nitrogens with zero attached hydrogens (tertiary/aromatic N) is 4. The van der Waals surface area contributed by atoms with Crippen LogP contribution in [-0.2, 0) is 10.9 Å². The first-order valence-corrected chi connectivity index (χ1v) is 9.20. The van der Waals surface area contributed by atoms with Crippen LogP contribution in [-0.4, -0.2) is 73.8 Å². The minimum atomic E-state index is -4.37. The molecule has 2 saturated heterocycles. The Hall–Kier alpha value is -2.03. The fraction of sp³-hybridized carbons (Fsp3) is 0.667. The summed E-state index contributed by atoms with van der Waals surface area (Å²) in [4.78, 5) is 22.0. The Morgan fingerprint density at radius 3 is 2.48 bits per heavy atom. The minimum Gasteiger partial charge on any atom is -0.378 e. The molecule has 0 saturated carbocycles. The molecule has 6 nitrogen and oxygen atoms in total.